The first-order valence-corrected chi connectivity index (χ1v) is 8.53. The summed E-state index contributed by atoms with van der Waals surface area (Å²) >= 11 is 0. The van der Waals surface area contributed by atoms with Crippen LogP contribution >= 0.6 is 0 Å². The van der Waals surface area contributed by atoms with Crippen LogP contribution in [0.2, 0.25) is 0 Å². The quantitative estimate of drug-likeness (QED) is 0.885. The van der Waals surface area contributed by atoms with Crippen molar-refractivity contribution in [1.29, 1.82) is 0 Å². The monoisotopic (exact) mass is 288 g/mol. The third-order valence-corrected chi connectivity index (χ3v) is 4.66. The largest absolute Gasteiger partial charge is 0.314 e. The van der Waals surface area contributed by atoms with E-state index in [0.29, 0.717) is 11.5 Å². The summed E-state index contributed by atoms with van der Waals surface area (Å²) in [5.74, 6) is 0. The van der Waals surface area contributed by atoms with Crippen molar-refractivity contribution in [3.05, 3.63) is 35.4 Å². The Hall–Kier alpha value is -0.860. The molecule has 2 nitrogen and oxygen atoms in total. The zero-order chi connectivity index (χ0) is 15.3. The minimum Gasteiger partial charge on any atom is -0.314 e. The fourth-order valence-electron chi connectivity index (χ4n) is 3.36. The SMILES string of the molecule is CCNC(CCN1CCCc2ccccc2C1)C(C)(C)C. The molecule has 1 N–H and O–H groups in total. The maximum atomic E-state index is 3.67. The number of nitrogens with one attached hydrogen (secondary N) is 1. The molecule has 1 atom stereocenters. The lowest BCUT2D eigenvalue weighted by Gasteiger charge is -2.33. The van der Waals surface area contributed by atoms with Crippen molar-refractivity contribution in [2.75, 3.05) is 19.6 Å². The number of fused-ring (bicyclic) bond motifs is 1. The second-order valence-electron chi connectivity index (χ2n) is 7.41. The van der Waals surface area contributed by atoms with Gasteiger partial charge in [0.05, 0.1) is 0 Å². The van der Waals surface area contributed by atoms with Gasteiger partial charge in [0.1, 0.15) is 0 Å². The second-order valence-corrected chi connectivity index (χ2v) is 7.41. The third-order valence-electron chi connectivity index (χ3n) is 4.66. The van der Waals surface area contributed by atoms with E-state index in [2.05, 4.69) is 62.2 Å². The Kier molecular flexibility index (Phi) is 5.83. The van der Waals surface area contributed by atoms with Gasteiger partial charge in [-0.05, 0) is 55.4 Å². The first-order chi connectivity index (χ1) is 10.0. The van der Waals surface area contributed by atoms with Crippen molar-refractivity contribution in [3.8, 4) is 0 Å². The number of hydrogen-bond donors (Lipinski definition) is 1. The molecule has 1 unspecified atom stereocenters. The summed E-state index contributed by atoms with van der Waals surface area (Å²) in [6, 6.07) is 9.56. The highest BCUT2D eigenvalue weighted by atomic mass is 15.1. The van der Waals surface area contributed by atoms with Gasteiger partial charge in [-0.15, -0.1) is 0 Å². The van der Waals surface area contributed by atoms with E-state index in [1.54, 1.807) is 5.56 Å². The molecule has 118 valence electrons. The van der Waals surface area contributed by atoms with Gasteiger partial charge in [-0.25, -0.2) is 0 Å². The molecular weight excluding hydrogens is 256 g/mol. The summed E-state index contributed by atoms with van der Waals surface area (Å²) in [7, 11) is 0. The van der Waals surface area contributed by atoms with Gasteiger partial charge in [0, 0.05) is 12.6 Å². The Balaban J connectivity index is 1.94. The van der Waals surface area contributed by atoms with E-state index in [0.717, 1.165) is 13.1 Å². The summed E-state index contributed by atoms with van der Waals surface area (Å²) < 4.78 is 0. The number of benzene rings is 1. The zero-order valence-corrected chi connectivity index (χ0v) is 14.3. The molecule has 2 heteroatoms. The Morgan fingerprint density at radius 2 is 1.90 bits per heavy atom. The standard InChI is InChI=1S/C19H32N2/c1-5-20-18(19(2,3)4)12-14-21-13-8-11-16-9-6-7-10-17(16)15-21/h6-7,9-10,18,20H,5,8,11-15H2,1-4H3. The van der Waals surface area contributed by atoms with Crippen molar-refractivity contribution in [2.45, 2.75) is 59.5 Å². The van der Waals surface area contributed by atoms with E-state index in [-0.39, 0.29) is 0 Å². The minimum atomic E-state index is 0.333. The molecule has 21 heavy (non-hydrogen) atoms. The predicted molar refractivity (Wildman–Crippen MR) is 91.6 cm³/mol. The summed E-state index contributed by atoms with van der Waals surface area (Å²) in [4.78, 5) is 2.64. The van der Waals surface area contributed by atoms with Crippen molar-refractivity contribution in [1.82, 2.24) is 10.2 Å². The molecule has 1 heterocycles. The highest BCUT2D eigenvalue weighted by Gasteiger charge is 2.24. The van der Waals surface area contributed by atoms with Gasteiger partial charge in [0.15, 0.2) is 0 Å². The molecule has 1 aromatic rings. The molecule has 1 aliphatic heterocycles. The van der Waals surface area contributed by atoms with E-state index in [4.69, 9.17) is 0 Å². The Morgan fingerprint density at radius 1 is 1.19 bits per heavy atom. The fraction of sp³-hybridized carbons (Fsp3) is 0.684. The number of nitrogens with zero attached hydrogens (tertiary/aromatic N) is 1. The summed E-state index contributed by atoms with van der Waals surface area (Å²) in [5, 5.41) is 3.67. The molecule has 0 spiro atoms. The lowest BCUT2D eigenvalue weighted by molar-refractivity contribution is 0.202. The van der Waals surface area contributed by atoms with Crippen LogP contribution in [0.25, 0.3) is 0 Å². The Morgan fingerprint density at radius 3 is 2.57 bits per heavy atom. The Labute approximate surface area is 130 Å². The maximum Gasteiger partial charge on any atom is 0.0236 e. The zero-order valence-electron chi connectivity index (χ0n) is 14.3. The second kappa shape index (κ2) is 7.42. The summed E-state index contributed by atoms with van der Waals surface area (Å²) in [6.07, 6.45) is 3.76. The first-order valence-electron chi connectivity index (χ1n) is 8.53. The molecule has 0 aromatic heterocycles. The minimum absolute atomic E-state index is 0.333. The molecule has 0 aliphatic carbocycles. The number of aryl methyl sites for hydroxylation is 1. The molecule has 0 radical (unpaired) electrons. The molecule has 0 amide bonds. The fourth-order valence-corrected chi connectivity index (χ4v) is 3.36. The van der Waals surface area contributed by atoms with Crippen LogP contribution in [0, 0.1) is 5.41 Å². The van der Waals surface area contributed by atoms with Gasteiger partial charge >= 0.3 is 0 Å². The van der Waals surface area contributed by atoms with Crippen LogP contribution < -0.4 is 5.32 Å². The normalized spacial score (nSPS) is 18.1. The molecule has 1 aromatic carbocycles. The van der Waals surface area contributed by atoms with E-state index < -0.39 is 0 Å². The van der Waals surface area contributed by atoms with Gasteiger partial charge < -0.3 is 5.32 Å². The van der Waals surface area contributed by atoms with Crippen LogP contribution in [-0.4, -0.2) is 30.6 Å². The number of rotatable bonds is 5. The lowest BCUT2D eigenvalue weighted by Crippen LogP contribution is -2.42. The van der Waals surface area contributed by atoms with Crippen LogP contribution in [0.15, 0.2) is 24.3 Å². The maximum absolute atomic E-state index is 3.67. The third kappa shape index (κ3) is 4.82. The van der Waals surface area contributed by atoms with Crippen LogP contribution in [0.4, 0.5) is 0 Å². The van der Waals surface area contributed by atoms with Crippen LogP contribution in [0.1, 0.15) is 51.7 Å². The average Bonchev–Trinajstić information content (AvgIpc) is 2.63. The van der Waals surface area contributed by atoms with E-state index >= 15 is 0 Å². The molecule has 0 bridgehead atoms. The van der Waals surface area contributed by atoms with E-state index in [1.807, 2.05) is 0 Å². The van der Waals surface area contributed by atoms with Crippen molar-refractivity contribution in [2.24, 2.45) is 5.41 Å². The molecular formula is C19H32N2. The van der Waals surface area contributed by atoms with E-state index in [1.165, 1.54) is 37.9 Å². The van der Waals surface area contributed by atoms with Gasteiger partial charge in [0.25, 0.3) is 0 Å². The van der Waals surface area contributed by atoms with Crippen LogP contribution in [-0.2, 0) is 13.0 Å². The van der Waals surface area contributed by atoms with Gasteiger partial charge in [-0.1, -0.05) is 52.0 Å². The van der Waals surface area contributed by atoms with Crippen LogP contribution in [0.5, 0.6) is 0 Å². The first kappa shape index (κ1) is 16.5. The number of hydrogen-bond acceptors (Lipinski definition) is 2. The molecule has 2 rings (SSSR count). The molecule has 1 aliphatic rings. The van der Waals surface area contributed by atoms with Gasteiger partial charge in [-0.3, -0.25) is 4.90 Å². The summed E-state index contributed by atoms with van der Waals surface area (Å²) in [6.45, 7) is 13.9. The lowest BCUT2D eigenvalue weighted by atomic mass is 9.84. The average molecular weight is 288 g/mol. The molecule has 0 saturated heterocycles. The summed E-state index contributed by atoms with van der Waals surface area (Å²) in [5.41, 5.74) is 3.42. The van der Waals surface area contributed by atoms with Crippen molar-refractivity contribution >= 4 is 0 Å². The van der Waals surface area contributed by atoms with Crippen molar-refractivity contribution < 1.29 is 0 Å². The Bertz CT molecular complexity index is 433. The van der Waals surface area contributed by atoms with Gasteiger partial charge in [-0.2, -0.15) is 0 Å². The highest BCUT2D eigenvalue weighted by molar-refractivity contribution is 5.27. The van der Waals surface area contributed by atoms with Gasteiger partial charge in [0.2, 0.25) is 0 Å². The van der Waals surface area contributed by atoms with Crippen molar-refractivity contribution in [3.63, 3.8) is 0 Å². The topological polar surface area (TPSA) is 15.3 Å². The highest BCUT2D eigenvalue weighted by Crippen LogP contribution is 2.23. The molecule has 0 fully saturated rings. The smallest absolute Gasteiger partial charge is 0.0236 e. The predicted octanol–water partition coefficient (Wildman–Crippen LogP) is 3.85. The van der Waals surface area contributed by atoms with Crippen LogP contribution in [0.3, 0.4) is 0 Å². The van der Waals surface area contributed by atoms with E-state index in [9.17, 15) is 0 Å². The molecule has 0 saturated carbocycles.